The van der Waals surface area contributed by atoms with Crippen molar-refractivity contribution in [3.05, 3.63) is 0 Å². The Kier molecular flexibility index (Phi) is 8.46. The molecule has 0 amide bonds. The monoisotopic (exact) mass is 186 g/mol. The highest BCUT2D eigenvalue weighted by Gasteiger charge is 2.02. The summed E-state index contributed by atoms with van der Waals surface area (Å²) >= 11 is 0. The van der Waals surface area contributed by atoms with Crippen molar-refractivity contribution in [2.24, 2.45) is 0 Å². The molecule has 1 N–H and O–H groups in total. The topological polar surface area (TPSA) is 15.3 Å². The van der Waals surface area contributed by atoms with Gasteiger partial charge in [0.2, 0.25) is 0 Å². The van der Waals surface area contributed by atoms with E-state index in [2.05, 4.69) is 38.2 Å². The van der Waals surface area contributed by atoms with E-state index in [0.29, 0.717) is 0 Å². The summed E-state index contributed by atoms with van der Waals surface area (Å²) in [4.78, 5) is 2.24. The van der Waals surface area contributed by atoms with Gasteiger partial charge in [-0.2, -0.15) is 0 Å². The van der Waals surface area contributed by atoms with Gasteiger partial charge >= 0.3 is 0 Å². The standard InChI is InChI=1S/C11H26N2/c1-5-8-11(6-2)12-9-7-10-13(3)4/h11-12H,5-10H2,1-4H3. The van der Waals surface area contributed by atoms with Crippen LogP contribution in [0.15, 0.2) is 0 Å². The van der Waals surface area contributed by atoms with E-state index in [9.17, 15) is 0 Å². The zero-order valence-electron chi connectivity index (χ0n) is 9.77. The summed E-state index contributed by atoms with van der Waals surface area (Å²) in [6.07, 6.45) is 5.13. The fourth-order valence-electron chi connectivity index (χ4n) is 1.50. The summed E-state index contributed by atoms with van der Waals surface area (Å²) in [6, 6.07) is 0.743. The number of rotatable bonds is 8. The summed E-state index contributed by atoms with van der Waals surface area (Å²) in [5.74, 6) is 0. The van der Waals surface area contributed by atoms with Crippen molar-refractivity contribution < 1.29 is 0 Å². The van der Waals surface area contributed by atoms with E-state index in [-0.39, 0.29) is 0 Å². The lowest BCUT2D eigenvalue weighted by Crippen LogP contribution is -2.30. The molecule has 0 rings (SSSR count). The van der Waals surface area contributed by atoms with Gasteiger partial charge in [0.05, 0.1) is 0 Å². The summed E-state index contributed by atoms with van der Waals surface area (Å²) in [6.45, 7) is 6.87. The van der Waals surface area contributed by atoms with Gasteiger partial charge in [0.1, 0.15) is 0 Å². The first-order valence-electron chi connectivity index (χ1n) is 5.58. The lowest BCUT2D eigenvalue weighted by molar-refractivity contribution is 0.379. The average Bonchev–Trinajstić information content (AvgIpc) is 2.10. The Morgan fingerprint density at radius 2 is 1.92 bits per heavy atom. The van der Waals surface area contributed by atoms with Crippen LogP contribution in [0.2, 0.25) is 0 Å². The molecule has 0 aliphatic rings. The number of nitrogens with one attached hydrogen (secondary N) is 1. The molecule has 0 radical (unpaired) electrons. The zero-order chi connectivity index (χ0) is 10.1. The molecule has 0 fully saturated rings. The molecule has 2 nitrogen and oxygen atoms in total. The summed E-state index contributed by atoms with van der Waals surface area (Å²) < 4.78 is 0. The highest BCUT2D eigenvalue weighted by atomic mass is 15.1. The average molecular weight is 186 g/mol. The first kappa shape index (κ1) is 12.9. The molecule has 2 heteroatoms. The molecule has 0 aliphatic heterocycles. The summed E-state index contributed by atoms with van der Waals surface area (Å²) in [5.41, 5.74) is 0. The first-order chi connectivity index (χ1) is 6.20. The van der Waals surface area contributed by atoms with Gasteiger partial charge in [0, 0.05) is 6.04 Å². The van der Waals surface area contributed by atoms with Crippen LogP contribution in [0, 0.1) is 0 Å². The Balaban J connectivity index is 3.27. The maximum Gasteiger partial charge on any atom is 0.00643 e. The van der Waals surface area contributed by atoms with Gasteiger partial charge < -0.3 is 10.2 Å². The van der Waals surface area contributed by atoms with Crippen LogP contribution in [-0.4, -0.2) is 38.1 Å². The number of hydrogen-bond acceptors (Lipinski definition) is 2. The third kappa shape index (κ3) is 8.26. The molecule has 0 bridgehead atoms. The van der Waals surface area contributed by atoms with Crippen LogP contribution in [-0.2, 0) is 0 Å². The normalized spacial score (nSPS) is 13.6. The van der Waals surface area contributed by atoms with Crippen LogP contribution in [0.3, 0.4) is 0 Å². The molecular weight excluding hydrogens is 160 g/mol. The second-order valence-electron chi connectivity index (χ2n) is 4.00. The highest BCUT2D eigenvalue weighted by Crippen LogP contribution is 2.00. The fourth-order valence-corrected chi connectivity index (χ4v) is 1.50. The Hall–Kier alpha value is -0.0800. The van der Waals surface area contributed by atoms with Crippen LogP contribution in [0.4, 0.5) is 0 Å². The molecular formula is C11H26N2. The van der Waals surface area contributed by atoms with Crippen molar-refractivity contribution in [3.63, 3.8) is 0 Å². The van der Waals surface area contributed by atoms with Crippen molar-refractivity contribution >= 4 is 0 Å². The Morgan fingerprint density at radius 1 is 1.23 bits per heavy atom. The number of nitrogens with zero attached hydrogens (tertiary/aromatic N) is 1. The molecule has 1 unspecified atom stereocenters. The third-order valence-corrected chi connectivity index (χ3v) is 2.35. The lowest BCUT2D eigenvalue weighted by Gasteiger charge is -2.16. The summed E-state index contributed by atoms with van der Waals surface area (Å²) in [5, 5.41) is 3.60. The van der Waals surface area contributed by atoms with Gasteiger partial charge in [-0.3, -0.25) is 0 Å². The quantitative estimate of drug-likeness (QED) is 0.584. The van der Waals surface area contributed by atoms with E-state index in [4.69, 9.17) is 0 Å². The van der Waals surface area contributed by atoms with Crippen LogP contribution < -0.4 is 5.32 Å². The molecule has 0 aromatic rings. The Bertz CT molecular complexity index is 102. The maximum atomic E-state index is 3.60. The van der Waals surface area contributed by atoms with E-state index in [1.807, 2.05) is 0 Å². The molecule has 0 saturated heterocycles. The molecule has 0 aromatic heterocycles. The van der Waals surface area contributed by atoms with Gasteiger partial charge in [0.25, 0.3) is 0 Å². The Labute approximate surface area is 83.7 Å². The van der Waals surface area contributed by atoms with Crippen LogP contribution in [0.1, 0.15) is 39.5 Å². The minimum Gasteiger partial charge on any atom is -0.314 e. The predicted octanol–water partition coefficient (Wildman–Crippen LogP) is 2.11. The minimum atomic E-state index is 0.743. The van der Waals surface area contributed by atoms with Crippen LogP contribution in [0.25, 0.3) is 0 Å². The summed E-state index contributed by atoms with van der Waals surface area (Å²) in [7, 11) is 4.26. The Morgan fingerprint density at radius 3 is 2.38 bits per heavy atom. The lowest BCUT2D eigenvalue weighted by atomic mass is 10.1. The maximum absolute atomic E-state index is 3.60. The van der Waals surface area contributed by atoms with Gasteiger partial charge in [0.15, 0.2) is 0 Å². The molecule has 1 atom stereocenters. The van der Waals surface area contributed by atoms with Crippen molar-refractivity contribution in [2.45, 2.75) is 45.6 Å². The van der Waals surface area contributed by atoms with E-state index in [1.54, 1.807) is 0 Å². The van der Waals surface area contributed by atoms with Gasteiger partial charge in [-0.25, -0.2) is 0 Å². The predicted molar refractivity (Wildman–Crippen MR) is 60.2 cm³/mol. The van der Waals surface area contributed by atoms with E-state index in [0.717, 1.165) is 12.6 Å². The molecule has 0 spiro atoms. The molecule has 0 saturated carbocycles. The second-order valence-corrected chi connectivity index (χ2v) is 4.00. The van der Waals surface area contributed by atoms with E-state index < -0.39 is 0 Å². The van der Waals surface area contributed by atoms with Crippen molar-refractivity contribution in [3.8, 4) is 0 Å². The third-order valence-electron chi connectivity index (χ3n) is 2.35. The van der Waals surface area contributed by atoms with E-state index in [1.165, 1.54) is 32.2 Å². The van der Waals surface area contributed by atoms with Crippen LogP contribution in [0.5, 0.6) is 0 Å². The van der Waals surface area contributed by atoms with Crippen molar-refractivity contribution in [1.82, 2.24) is 10.2 Å². The van der Waals surface area contributed by atoms with Crippen LogP contribution >= 0.6 is 0 Å². The van der Waals surface area contributed by atoms with Crippen molar-refractivity contribution in [2.75, 3.05) is 27.2 Å². The molecule has 0 aliphatic carbocycles. The van der Waals surface area contributed by atoms with Gasteiger partial charge in [-0.05, 0) is 46.4 Å². The highest BCUT2D eigenvalue weighted by molar-refractivity contribution is 4.63. The second kappa shape index (κ2) is 8.52. The van der Waals surface area contributed by atoms with Gasteiger partial charge in [-0.1, -0.05) is 20.3 Å². The molecule has 0 aromatic carbocycles. The first-order valence-corrected chi connectivity index (χ1v) is 5.58. The zero-order valence-corrected chi connectivity index (χ0v) is 9.77. The van der Waals surface area contributed by atoms with E-state index >= 15 is 0 Å². The smallest absolute Gasteiger partial charge is 0.00643 e. The molecule has 0 heterocycles. The molecule has 13 heavy (non-hydrogen) atoms. The fraction of sp³-hybridized carbons (Fsp3) is 1.00. The van der Waals surface area contributed by atoms with Crippen molar-refractivity contribution in [1.29, 1.82) is 0 Å². The minimum absolute atomic E-state index is 0.743. The largest absolute Gasteiger partial charge is 0.314 e. The molecule has 80 valence electrons. The van der Waals surface area contributed by atoms with Gasteiger partial charge in [-0.15, -0.1) is 0 Å². The number of hydrogen-bond donors (Lipinski definition) is 1. The SMILES string of the molecule is CCCC(CC)NCCCN(C)C.